The quantitative estimate of drug-likeness (QED) is 0.235. The largest absolute Gasteiger partial charge is 0.394 e. The van der Waals surface area contributed by atoms with Crippen LogP contribution < -0.4 is 0 Å². The lowest BCUT2D eigenvalue weighted by Crippen LogP contribution is -2.29. The number of aliphatic hydroxyl groups is 4. The van der Waals surface area contributed by atoms with Crippen molar-refractivity contribution in [3.05, 3.63) is 0 Å². The molecular weight excluding hydrogens is 340 g/mol. The molecule has 0 spiro atoms. The number of hydrogen-bond acceptors (Lipinski definition) is 7. The fourth-order valence-electron chi connectivity index (χ4n) is 2.39. The topological polar surface area (TPSA) is 109 Å². The van der Waals surface area contributed by atoms with Crippen molar-refractivity contribution in [2.75, 3.05) is 46.2 Å². The van der Waals surface area contributed by atoms with Gasteiger partial charge in [-0.15, -0.1) is 0 Å². The first-order valence-corrected chi connectivity index (χ1v) is 9.98. The zero-order valence-corrected chi connectivity index (χ0v) is 16.4. The molecule has 0 rings (SSSR count). The molecule has 0 aromatic rings. The Balaban J connectivity index is 3.32. The fraction of sp³-hybridized carbons (Fsp3) is 1.00. The third-order valence-electron chi connectivity index (χ3n) is 3.90. The molecule has 7 heteroatoms. The summed E-state index contributed by atoms with van der Waals surface area (Å²) in [6, 6.07) is 0. The number of unbranched alkanes of at least 4 members (excludes halogenated alkanes) is 7. The predicted octanol–water partition coefficient (Wildman–Crippen LogP) is 1.25. The van der Waals surface area contributed by atoms with E-state index in [0.29, 0.717) is 6.61 Å². The van der Waals surface area contributed by atoms with Gasteiger partial charge < -0.3 is 34.6 Å². The van der Waals surface area contributed by atoms with Crippen molar-refractivity contribution >= 4 is 0 Å². The Morgan fingerprint density at radius 3 is 1.50 bits per heavy atom. The van der Waals surface area contributed by atoms with Gasteiger partial charge in [-0.1, -0.05) is 51.9 Å². The summed E-state index contributed by atoms with van der Waals surface area (Å²) in [7, 11) is 0. The molecule has 3 atom stereocenters. The number of ether oxygens (including phenoxy) is 3. The monoisotopic (exact) mass is 380 g/mol. The molecule has 26 heavy (non-hydrogen) atoms. The summed E-state index contributed by atoms with van der Waals surface area (Å²) < 4.78 is 15.7. The third-order valence-corrected chi connectivity index (χ3v) is 3.90. The number of rotatable bonds is 20. The van der Waals surface area contributed by atoms with Crippen LogP contribution in [-0.4, -0.2) is 85.0 Å². The molecule has 0 aromatic carbocycles. The van der Waals surface area contributed by atoms with Crippen molar-refractivity contribution in [1.82, 2.24) is 0 Å². The van der Waals surface area contributed by atoms with E-state index in [9.17, 15) is 10.2 Å². The van der Waals surface area contributed by atoms with Crippen molar-refractivity contribution in [3.8, 4) is 0 Å². The minimum atomic E-state index is -0.942. The highest BCUT2D eigenvalue weighted by atomic mass is 16.5. The Morgan fingerprint density at radius 1 is 0.577 bits per heavy atom. The van der Waals surface area contributed by atoms with Crippen LogP contribution in [0.2, 0.25) is 0 Å². The second-order valence-corrected chi connectivity index (χ2v) is 6.77. The van der Waals surface area contributed by atoms with Gasteiger partial charge in [0.1, 0.15) is 18.3 Å². The SMILES string of the molecule is CCCCCCCCCCOCC(O)COCC(O)COCC(O)CO. The van der Waals surface area contributed by atoms with Gasteiger partial charge in [0.25, 0.3) is 0 Å². The van der Waals surface area contributed by atoms with E-state index in [1.54, 1.807) is 0 Å². The van der Waals surface area contributed by atoms with Gasteiger partial charge in [-0.3, -0.25) is 0 Å². The van der Waals surface area contributed by atoms with Crippen LogP contribution in [0.15, 0.2) is 0 Å². The summed E-state index contributed by atoms with van der Waals surface area (Å²) in [5.41, 5.74) is 0. The highest BCUT2D eigenvalue weighted by Gasteiger charge is 2.10. The third kappa shape index (κ3) is 18.5. The Labute approximate surface area is 158 Å². The van der Waals surface area contributed by atoms with E-state index < -0.39 is 18.3 Å². The normalized spacial score (nSPS) is 15.1. The molecule has 4 N–H and O–H groups in total. The molecule has 7 nitrogen and oxygen atoms in total. The lowest BCUT2D eigenvalue weighted by molar-refractivity contribution is -0.0676. The fourth-order valence-corrected chi connectivity index (χ4v) is 2.39. The lowest BCUT2D eigenvalue weighted by Gasteiger charge is -2.15. The first kappa shape index (κ1) is 25.7. The molecular formula is C19H40O7. The molecule has 0 aliphatic heterocycles. The Hall–Kier alpha value is -0.280. The van der Waals surface area contributed by atoms with Crippen molar-refractivity contribution < 1.29 is 34.6 Å². The van der Waals surface area contributed by atoms with Gasteiger partial charge in [0.05, 0.1) is 39.6 Å². The second kappa shape index (κ2) is 19.5. The second-order valence-electron chi connectivity index (χ2n) is 6.77. The van der Waals surface area contributed by atoms with E-state index in [1.165, 1.54) is 38.5 Å². The highest BCUT2D eigenvalue weighted by Crippen LogP contribution is 2.08. The van der Waals surface area contributed by atoms with Crippen molar-refractivity contribution in [3.63, 3.8) is 0 Å². The average molecular weight is 381 g/mol. The van der Waals surface area contributed by atoms with Gasteiger partial charge in [0, 0.05) is 6.61 Å². The molecule has 0 radical (unpaired) electrons. The van der Waals surface area contributed by atoms with Gasteiger partial charge in [-0.2, -0.15) is 0 Å². The summed E-state index contributed by atoms with van der Waals surface area (Å²) in [4.78, 5) is 0. The van der Waals surface area contributed by atoms with Crippen LogP contribution in [0, 0.1) is 0 Å². The van der Waals surface area contributed by atoms with Crippen molar-refractivity contribution in [1.29, 1.82) is 0 Å². The smallest absolute Gasteiger partial charge is 0.101 e. The molecule has 0 aliphatic rings. The zero-order valence-electron chi connectivity index (χ0n) is 16.4. The van der Waals surface area contributed by atoms with E-state index in [0.717, 1.165) is 12.8 Å². The van der Waals surface area contributed by atoms with Crippen LogP contribution in [0.5, 0.6) is 0 Å². The zero-order chi connectivity index (χ0) is 19.5. The van der Waals surface area contributed by atoms with E-state index in [-0.39, 0.29) is 39.6 Å². The first-order chi connectivity index (χ1) is 12.6. The predicted molar refractivity (Wildman–Crippen MR) is 100 cm³/mol. The Morgan fingerprint density at radius 2 is 1.00 bits per heavy atom. The maximum atomic E-state index is 9.74. The van der Waals surface area contributed by atoms with E-state index >= 15 is 0 Å². The lowest BCUT2D eigenvalue weighted by atomic mass is 10.1. The highest BCUT2D eigenvalue weighted by molar-refractivity contribution is 4.57. The minimum absolute atomic E-state index is 0.00208. The van der Waals surface area contributed by atoms with E-state index in [4.69, 9.17) is 24.4 Å². The van der Waals surface area contributed by atoms with Crippen molar-refractivity contribution in [2.24, 2.45) is 0 Å². The van der Waals surface area contributed by atoms with Crippen LogP contribution in [0.25, 0.3) is 0 Å². The van der Waals surface area contributed by atoms with Crippen molar-refractivity contribution in [2.45, 2.75) is 76.6 Å². The van der Waals surface area contributed by atoms with Gasteiger partial charge >= 0.3 is 0 Å². The van der Waals surface area contributed by atoms with E-state index in [2.05, 4.69) is 6.92 Å². The molecule has 0 fully saturated rings. The summed E-state index contributed by atoms with van der Waals surface area (Å²) in [6.07, 6.45) is 7.49. The molecule has 0 aromatic heterocycles. The molecule has 3 unspecified atom stereocenters. The maximum absolute atomic E-state index is 9.74. The van der Waals surface area contributed by atoms with Gasteiger partial charge in [-0.05, 0) is 6.42 Å². The van der Waals surface area contributed by atoms with Crippen LogP contribution in [0.4, 0.5) is 0 Å². The van der Waals surface area contributed by atoms with Gasteiger partial charge in [0.15, 0.2) is 0 Å². The average Bonchev–Trinajstić information content (AvgIpc) is 2.63. The summed E-state index contributed by atoms with van der Waals surface area (Å²) in [6.45, 7) is 2.81. The van der Waals surface area contributed by atoms with Crippen LogP contribution in [-0.2, 0) is 14.2 Å². The van der Waals surface area contributed by atoms with Crippen LogP contribution in [0.1, 0.15) is 58.3 Å². The molecule has 158 valence electrons. The van der Waals surface area contributed by atoms with Crippen LogP contribution in [0.3, 0.4) is 0 Å². The molecule has 0 aliphatic carbocycles. The molecule has 0 saturated heterocycles. The number of aliphatic hydroxyl groups excluding tert-OH is 4. The van der Waals surface area contributed by atoms with Gasteiger partial charge in [0.2, 0.25) is 0 Å². The van der Waals surface area contributed by atoms with E-state index in [1.807, 2.05) is 0 Å². The summed E-state index contributed by atoms with van der Waals surface area (Å²) >= 11 is 0. The molecule has 0 saturated carbocycles. The minimum Gasteiger partial charge on any atom is -0.394 e. The summed E-state index contributed by atoms with van der Waals surface area (Å²) in [5.74, 6) is 0. The first-order valence-electron chi connectivity index (χ1n) is 9.98. The summed E-state index contributed by atoms with van der Waals surface area (Å²) in [5, 5.41) is 37.0. The maximum Gasteiger partial charge on any atom is 0.101 e. The molecule has 0 bridgehead atoms. The standard InChI is InChI=1S/C19H40O7/c1-2-3-4-5-6-7-8-9-10-24-13-18(22)14-26-16-19(23)15-25-12-17(21)11-20/h17-23H,2-16H2,1H3. The molecule has 0 amide bonds. The molecule has 0 heterocycles. The van der Waals surface area contributed by atoms with Gasteiger partial charge in [-0.25, -0.2) is 0 Å². The Kier molecular flexibility index (Phi) is 19.3. The number of hydrogen-bond donors (Lipinski definition) is 4. The Bertz CT molecular complexity index is 279. The van der Waals surface area contributed by atoms with Crippen LogP contribution >= 0.6 is 0 Å².